The lowest BCUT2D eigenvalue weighted by molar-refractivity contribution is -0.119. The first kappa shape index (κ1) is 24.8. The van der Waals surface area contributed by atoms with Crippen molar-refractivity contribution in [2.75, 3.05) is 33.9 Å². The number of carbonyl (C=O) groups excluding carboxylic acids is 1. The number of rotatable bonds is 7. The van der Waals surface area contributed by atoms with Crippen LogP contribution >= 0.6 is 24.0 Å². The van der Waals surface area contributed by atoms with Gasteiger partial charge in [0.25, 0.3) is 0 Å². The maximum absolute atomic E-state index is 12.3. The van der Waals surface area contributed by atoms with Gasteiger partial charge >= 0.3 is 0 Å². The van der Waals surface area contributed by atoms with Crippen LogP contribution in [0.2, 0.25) is 0 Å². The molecule has 2 N–H and O–H groups in total. The predicted octanol–water partition coefficient (Wildman–Crippen LogP) is 2.96. The summed E-state index contributed by atoms with van der Waals surface area (Å²) in [4.78, 5) is 19.0. The van der Waals surface area contributed by atoms with Crippen LogP contribution < -0.4 is 20.1 Å². The fraction of sp³-hybridized carbons (Fsp3) is 0.391. The Hall–Kier alpha value is -2.49. The van der Waals surface area contributed by atoms with E-state index in [0.29, 0.717) is 13.1 Å². The third-order valence-corrected chi connectivity index (χ3v) is 5.06. The van der Waals surface area contributed by atoms with Gasteiger partial charge < -0.3 is 25.0 Å². The van der Waals surface area contributed by atoms with Gasteiger partial charge in [0.15, 0.2) is 17.5 Å². The summed E-state index contributed by atoms with van der Waals surface area (Å²) in [5, 5.41) is 6.22. The van der Waals surface area contributed by atoms with Crippen LogP contribution in [0.4, 0.5) is 0 Å². The molecular weight excluding hydrogens is 507 g/mol. The van der Waals surface area contributed by atoms with E-state index in [1.165, 1.54) is 11.1 Å². The second-order valence-corrected chi connectivity index (χ2v) is 7.08. The Kier molecular flexibility index (Phi) is 9.90. The molecule has 0 radical (unpaired) electrons. The van der Waals surface area contributed by atoms with Crippen LogP contribution in [0.25, 0.3) is 0 Å². The van der Waals surface area contributed by atoms with Gasteiger partial charge in [-0.3, -0.25) is 4.79 Å². The Morgan fingerprint density at radius 2 is 1.74 bits per heavy atom. The fourth-order valence-electron chi connectivity index (χ4n) is 3.49. The Bertz CT molecular complexity index is 890. The zero-order valence-electron chi connectivity index (χ0n) is 18.3. The molecule has 2 aromatic rings. The number of halogens is 1. The minimum absolute atomic E-state index is 0. The molecule has 0 saturated heterocycles. The smallest absolute Gasteiger partial charge is 0.242 e. The molecule has 0 fully saturated rings. The molecule has 1 aliphatic heterocycles. The number of nitrogens with zero attached hydrogens (tertiary/aromatic N) is 2. The van der Waals surface area contributed by atoms with Gasteiger partial charge in [0, 0.05) is 26.2 Å². The van der Waals surface area contributed by atoms with Crippen LogP contribution in [-0.4, -0.2) is 50.6 Å². The van der Waals surface area contributed by atoms with Crippen molar-refractivity contribution in [2.45, 2.75) is 26.4 Å². The molecule has 3 rings (SSSR count). The molecule has 0 aliphatic carbocycles. The lowest BCUT2D eigenvalue weighted by Crippen LogP contribution is -2.44. The molecule has 0 bridgehead atoms. The number of nitrogens with one attached hydrogen (secondary N) is 2. The van der Waals surface area contributed by atoms with Crippen LogP contribution in [0.15, 0.2) is 47.5 Å². The predicted molar refractivity (Wildman–Crippen MR) is 133 cm³/mol. The summed E-state index contributed by atoms with van der Waals surface area (Å²) in [5.74, 6) is 2.12. The monoisotopic (exact) mass is 538 g/mol. The van der Waals surface area contributed by atoms with Gasteiger partial charge in [0.1, 0.15) is 6.54 Å². The quantitative estimate of drug-likeness (QED) is 0.322. The summed E-state index contributed by atoms with van der Waals surface area (Å²) in [6, 6.07) is 13.9. The van der Waals surface area contributed by atoms with Crippen LogP contribution in [-0.2, 0) is 24.3 Å². The Morgan fingerprint density at radius 1 is 1.06 bits per heavy atom. The van der Waals surface area contributed by atoms with Crippen LogP contribution in [0.3, 0.4) is 0 Å². The van der Waals surface area contributed by atoms with E-state index in [4.69, 9.17) is 9.47 Å². The zero-order valence-corrected chi connectivity index (χ0v) is 20.6. The second-order valence-electron chi connectivity index (χ2n) is 7.08. The van der Waals surface area contributed by atoms with Gasteiger partial charge in [-0.2, -0.15) is 0 Å². The van der Waals surface area contributed by atoms with Crippen molar-refractivity contribution in [3.8, 4) is 11.5 Å². The lowest BCUT2D eigenvalue weighted by Gasteiger charge is -2.32. The molecule has 1 aliphatic rings. The number of aliphatic imine (C=N–C) groups is 1. The summed E-state index contributed by atoms with van der Waals surface area (Å²) in [6.45, 7) is 4.87. The van der Waals surface area contributed by atoms with Gasteiger partial charge in [0.2, 0.25) is 5.91 Å². The van der Waals surface area contributed by atoms with Crippen molar-refractivity contribution >= 4 is 35.8 Å². The Balaban J connectivity index is 0.00000341. The molecular formula is C23H31IN4O3. The minimum Gasteiger partial charge on any atom is -0.493 e. The normalized spacial score (nSPS) is 13.0. The van der Waals surface area contributed by atoms with Crippen molar-refractivity contribution in [2.24, 2.45) is 4.99 Å². The Morgan fingerprint density at radius 3 is 2.39 bits per heavy atom. The van der Waals surface area contributed by atoms with E-state index in [1.807, 2.05) is 49.4 Å². The van der Waals surface area contributed by atoms with Crippen molar-refractivity contribution < 1.29 is 14.3 Å². The highest BCUT2D eigenvalue weighted by atomic mass is 127. The average molecular weight is 538 g/mol. The third-order valence-electron chi connectivity index (χ3n) is 5.06. The molecule has 8 heteroatoms. The standard InChI is InChI=1S/C23H30N4O3.HI/c1-4-24-23(26-15-22(28)25-14-17-8-6-5-7-9-17)27-11-10-18-12-20(29-2)21(30-3)13-19(18)16-27;/h5-9,12-13H,4,10-11,14-16H2,1-3H3,(H,24,26)(H,25,28);1H. The number of fused-ring (bicyclic) bond motifs is 1. The highest BCUT2D eigenvalue weighted by Crippen LogP contribution is 2.33. The number of methoxy groups -OCH3 is 2. The summed E-state index contributed by atoms with van der Waals surface area (Å²) < 4.78 is 10.9. The van der Waals surface area contributed by atoms with Crippen molar-refractivity contribution in [3.63, 3.8) is 0 Å². The maximum atomic E-state index is 12.3. The Labute approximate surface area is 201 Å². The van der Waals surface area contributed by atoms with E-state index >= 15 is 0 Å². The highest BCUT2D eigenvalue weighted by molar-refractivity contribution is 14.0. The summed E-state index contributed by atoms with van der Waals surface area (Å²) >= 11 is 0. The van der Waals surface area contributed by atoms with Crippen molar-refractivity contribution in [1.29, 1.82) is 0 Å². The van der Waals surface area contributed by atoms with E-state index in [2.05, 4.69) is 20.5 Å². The molecule has 0 aromatic heterocycles. The van der Waals surface area contributed by atoms with E-state index < -0.39 is 0 Å². The van der Waals surface area contributed by atoms with Gasteiger partial charge in [-0.05, 0) is 42.2 Å². The topological polar surface area (TPSA) is 75.2 Å². The summed E-state index contributed by atoms with van der Waals surface area (Å²) in [7, 11) is 3.29. The first-order valence-corrected chi connectivity index (χ1v) is 10.2. The maximum Gasteiger partial charge on any atom is 0.242 e. The van der Waals surface area contributed by atoms with E-state index in [1.54, 1.807) is 14.2 Å². The van der Waals surface area contributed by atoms with Gasteiger partial charge in [-0.1, -0.05) is 30.3 Å². The first-order chi connectivity index (χ1) is 14.6. The zero-order chi connectivity index (χ0) is 21.3. The molecule has 0 unspecified atom stereocenters. The van der Waals surface area contributed by atoms with Gasteiger partial charge in [-0.25, -0.2) is 4.99 Å². The third kappa shape index (κ3) is 6.75. The van der Waals surface area contributed by atoms with Gasteiger partial charge in [-0.15, -0.1) is 24.0 Å². The number of amides is 1. The van der Waals surface area contributed by atoms with E-state index in [0.717, 1.165) is 42.5 Å². The molecule has 0 saturated carbocycles. The molecule has 0 atom stereocenters. The fourth-order valence-corrected chi connectivity index (χ4v) is 3.49. The lowest BCUT2D eigenvalue weighted by atomic mass is 9.99. The molecule has 1 heterocycles. The summed E-state index contributed by atoms with van der Waals surface area (Å²) in [5.41, 5.74) is 3.50. The first-order valence-electron chi connectivity index (χ1n) is 10.2. The molecule has 2 aromatic carbocycles. The molecule has 168 valence electrons. The van der Waals surface area contributed by atoms with Gasteiger partial charge in [0.05, 0.1) is 14.2 Å². The highest BCUT2D eigenvalue weighted by Gasteiger charge is 2.21. The number of benzene rings is 2. The van der Waals surface area contributed by atoms with Crippen LogP contribution in [0.5, 0.6) is 11.5 Å². The number of guanidine groups is 1. The second kappa shape index (κ2) is 12.4. The van der Waals surface area contributed by atoms with Crippen LogP contribution in [0, 0.1) is 0 Å². The number of ether oxygens (including phenoxy) is 2. The number of hydrogen-bond acceptors (Lipinski definition) is 4. The number of carbonyl (C=O) groups is 1. The molecule has 1 amide bonds. The molecule has 0 spiro atoms. The van der Waals surface area contributed by atoms with Crippen molar-refractivity contribution in [1.82, 2.24) is 15.5 Å². The van der Waals surface area contributed by atoms with Crippen LogP contribution in [0.1, 0.15) is 23.6 Å². The van der Waals surface area contributed by atoms with Crippen molar-refractivity contribution in [3.05, 3.63) is 59.2 Å². The van der Waals surface area contributed by atoms with E-state index in [-0.39, 0.29) is 36.4 Å². The largest absolute Gasteiger partial charge is 0.493 e. The average Bonchev–Trinajstić information content (AvgIpc) is 2.79. The molecule has 7 nitrogen and oxygen atoms in total. The minimum atomic E-state index is -0.0990. The molecule has 31 heavy (non-hydrogen) atoms. The summed E-state index contributed by atoms with van der Waals surface area (Å²) in [6.07, 6.45) is 0.875. The number of hydrogen-bond donors (Lipinski definition) is 2. The van der Waals surface area contributed by atoms with E-state index in [9.17, 15) is 4.79 Å². The SMILES string of the molecule is CCNC(=NCC(=O)NCc1ccccc1)N1CCc2cc(OC)c(OC)cc2C1.I.